The Morgan fingerprint density at radius 2 is 1.89 bits per heavy atom. The normalized spacial score (nSPS) is 17.7. The number of aromatic nitrogens is 1. The quantitative estimate of drug-likeness (QED) is 0.478. The molecule has 2 heterocycles. The van der Waals surface area contributed by atoms with E-state index in [1.165, 1.54) is 17.0 Å². The molecule has 0 unspecified atom stereocenters. The fourth-order valence-corrected chi connectivity index (χ4v) is 5.30. The van der Waals surface area contributed by atoms with E-state index < -0.39 is 34.7 Å². The van der Waals surface area contributed by atoms with Crippen molar-refractivity contribution in [3.8, 4) is 5.75 Å². The van der Waals surface area contributed by atoms with Crippen molar-refractivity contribution >= 4 is 26.8 Å². The molecule has 12 heteroatoms. The number of sulfonamides is 1. The number of aromatic amines is 1. The van der Waals surface area contributed by atoms with E-state index in [-0.39, 0.29) is 18.7 Å². The third kappa shape index (κ3) is 6.43. The van der Waals surface area contributed by atoms with E-state index in [1.807, 2.05) is 30.0 Å². The van der Waals surface area contributed by atoms with Gasteiger partial charge in [0, 0.05) is 60.4 Å². The SMILES string of the molecule is COc1cc(C)c2[nH]ccc2c1CN1CCN(CC(F)(F)F)C[C@H]1c1ccc(C(=O)NS(C)(=O)=O)cc1. The number of piperazine rings is 1. The Balaban J connectivity index is 1.66. The molecular formula is C25H29F3N4O4S. The maximum absolute atomic E-state index is 13.2. The van der Waals surface area contributed by atoms with E-state index in [2.05, 4.69) is 9.88 Å². The molecule has 1 aliphatic heterocycles. The second kappa shape index (κ2) is 10.3. The van der Waals surface area contributed by atoms with Gasteiger partial charge in [-0.1, -0.05) is 12.1 Å². The third-order valence-electron chi connectivity index (χ3n) is 6.51. The van der Waals surface area contributed by atoms with Gasteiger partial charge in [-0.2, -0.15) is 13.2 Å². The van der Waals surface area contributed by atoms with Crippen molar-refractivity contribution in [1.82, 2.24) is 19.5 Å². The zero-order chi connectivity index (χ0) is 27.0. The first kappa shape index (κ1) is 27.0. The Morgan fingerprint density at radius 3 is 2.51 bits per heavy atom. The lowest BCUT2D eigenvalue weighted by atomic mass is 9.98. The smallest absolute Gasteiger partial charge is 0.401 e. The Labute approximate surface area is 213 Å². The molecule has 8 nitrogen and oxygen atoms in total. The van der Waals surface area contributed by atoms with Crippen molar-refractivity contribution in [1.29, 1.82) is 0 Å². The number of methoxy groups -OCH3 is 1. The van der Waals surface area contributed by atoms with Crippen LogP contribution < -0.4 is 9.46 Å². The summed E-state index contributed by atoms with van der Waals surface area (Å²) in [5.41, 5.74) is 3.79. The summed E-state index contributed by atoms with van der Waals surface area (Å²) in [5.74, 6) is -0.0682. The molecule has 0 radical (unpaired) electrons. The Kier molecular flexibility index (Phi) is 7.54. The van der Waals surface area contributed by atoms with Gasteiger partial charge >= 0.3 is 6.18 Å². The van der Waals surface area contributed by atoms with E-state index >= 15 is 0 Å². The van der Waals surface area contributed by atoms with Crippen LogP contribution in [0.15, 0.2) is 42.6 Å². The van der Waals surface area contributed by atoms with Crippen molar-refractivity contribution < 1.29 is 31.1 Å². The lowest BCUT2D eigenvalue weighted by Crippen LogP contribution is -2.50. The van der Waals surface area contributed by atoms with E-state index in [4.69, 9.17) is 4.74 Å². The van der Waals surface area contributed by atoms with Crippen LogP contribution in [-0.2, 0) is 16.6 Å². The number of hydrogen-bond acceptors (Lipinski definition) is 6. The van der Waals surface area contributed by atoms with Gasteiger partial charge in [0.25, 0.3) is 5.91 Å². The van der Waals surface area contributed by atoms with E-state index in [9.17, 15) is 26.4 Å². The number of alkyl halides is 3. The minimum absolute atomic E-state index is 0.137. The second-order valence-electron chi connectivity index (χ2n) is 9.30. The molecule has 3 aromatic rings. The van der Waals surface area contributed by atoms with Crippen molar-refractivity contribution in [2.45, 2.75) is 25.7 Å². The molecule has 0 aliphatic carbocycles. The van der Waals surface area contributed by atoms with Crippen molar-refractivity contribution in [3.63, 3.8) is 0 Å². The monoisotopic (exact) mass is 538 g/mol. The number of aryl methyl sites for hydroxylation is 1. The van der Waals surface area contributed by atoms with Crippen molar-refractivity contribution in [2.24, 2.45) is 0 Å². The summed E-state index contributed by atoms with van der Waals surface area (Å²) in [6, 6.07) is 9.78. The first-order valence-corrected chi connectivity index (χ1v) is 13.5. The number of fused-ring (bicyclic) bond motifs is 1. The van der Waals surface area contributed by atoms with Gasteiger partial charge < -0.3 is 9.72 Å². The van der Waals surface area contributed by atoms with E-state index in [1.54, 1.807) is 19.2 Å². The predicted octanol–water partition coefficient (Wildman–Crippen LogP) is 3.60. The maximum atomic E-state index is 13.2. The lowest BCUT2D eigenvalue weighted by molar-refractivity contribution is -0.152. The number of amides is 1. The largest absolute Gasteiger partial charge is 0.496 e. The molecule has 0 spiro atoms. The zero-order valence-electron chi connectivity index (χ0n) is 20.7. The molecule has 1 fully saturated rings. The van der Waals surface area contributed by atoms with Gasteiger partial charge in [0.1, 0.15) is 5.75 Å². The summed E-state index contributed by atoms with van der Waals surface area (Å²) in [4.78, 5) is 18.9. The number of hydrogen-bond donors (Lipinski definition) is 2. The zero-order valence-corrected chi connectivity index (χ0v) is 21.5. The average Bonchev–Trinajstić information content (AvgIpc) is 3.30. The highest BCUT2D eigenvalue weighted by molar-refractivity contribution is 7.89. The molecule has 37 heavy (non-hydrogen) atoms. The molecule has 2 aromatic carbocycles. The predicted molar refractivity (Wildman–Crippen MR) is 134 cm³/mol. The van der Waals surface area contributed by atoms with E-state index in [0.29, 0.717) is 18.8 Å². The molecule has 0 bridgehead atoms. The molecule has 1 amide bonds. The molecule has 0 saturated carbocycles. The Bertz CT molecular complexity index is 1390. The summed E-state index contributed by atoms with van der Waals surface area (Å²) in [7, 11) is -2.14. The number of carbonyl (C=O) groups excluding carboxylic acids is 1. The molecular weight excluding hydrogens is 509 g/mol. The Morgan fingerprint density at radius 1 is 1.19 bits per heavy atom. The van der Waals surface area contributed by atoms with Crippen LogP contribution >= 0.6 is 0 Å². The molecule has 2 N–H and O–H groups in total. The number of halogens is 3. The van der Waals surface area contributed by atoms with Crippen LogP contribution in [0.5, 0.6) is 5.75 Å². The third-order valence-corrected chi connectivity index (χ3v) is 7.06. The maximum Gasteiger partial charge on any atom is 0.401 e. The second-order valence-corrected chi connectivity index (χ2v) is 11.1. The molecule has 1 aromatic heterocycles. The van der Waals surface area contributed by atoms with Crippen molar-refractivity contribution in [3.05, 3.63) is 64.8 Å². The van der Waals surface area contributed by atoms with Gasteiger partial charge in [0.05, 0.1) is 19.9 Å². The van der Waals surface area contributed by atoms with Crippen LogP contribution in [0.4, 0.5) is 13.2 Å². The highest BCUT2D eigenvalue weighted by Crippen LogP contribution is 2.35. The number of nitrogens with one attached hydrogen (secondary N) is 2. The number of benzene rings is 2. The van der Waals surface area contributed by atoms with Gasteiger partial charge in [-0.3, -0.25) is 14.6 Å². The first-order valence-electron chi connectivity index (χ1n) is 11.6. The molecule has 4 rings (SSSR count). The molecule has 200 valence electrons. The van der Waals surface area contributed by atoms with Crippen LogP contribution in [-0.4, -0.2) is 74.8 Å². The lowest BCUT2D eigenvalue weighted by Gasteiger charge is -2.42. The van der Waals surface area contributed by atoms with Gasteiger partial charge in [0.15, 0.2) is 0 Å². The highest BCUT2D eigenvalue weighted by atomic mass is 32.2. The number of rotatable bonds is 7. The fourth-order valence-electron chi connectivity index (χ4n) is 4.85. The fraction of sp³-hybridized carbons (Fsp3) is 0.400. The number of carbonyl (C=O) groups is 1. The van der Waals surface area contributed by atoms with Gasteiger partial charge in [0.2, 0.25) is 10.0 Å². The summed E-state index contributed by atoms with van der Waals surface area (Å²) in [5, 5.41) is 0.987. The summed E-state index contributed by atoms with van der Waals surface area (Å²) >= 11 is 0. The number of ether oxygens (including phenoxy) is 1. The van der Waals surface area contributed by atoms with Crippen LogP contribution in [0, 0.1) is 6.92 Å². The topological polar surface area (TPSA) is 94.7 Å². The highest BCUT2D eigenvalue weighted by Gasteiger charge is 2.36. The standard InChI is InChI=1S/C25H29F3N4O4S/c1-16-12-22(36-2)20(19-8-9-29-23(16)19)13-32-11-10-31(15-25(26,27)28)14-21(32)17-4-6-18(7-5-17)24(33)30-37(3,34)35/h4-9,12,21,29H,10-11,13-15H2,1-3H3,(H,30,33)/t21-/m0/s1. The van der Waals surface area contributed by atoms with Crippen LogP contribution in [0.3, 0.4) is 0 Å². The molecule has 1 aliphatic rings. The molecule has 1 atom stereocenters. The average molecular weight is 539 g/mol. The number of H-pyrrole nitrogens is 1. The first-order chi connectivity index (χ1) is 17.3. The van der Waals surface area contributed by atoms with Gasteiger partial charge in [-0.15, -0.1) is 0 Å². The summed E-state index contributed by atoms with van der Waals surface area (Å²) < 4.78 is 70.0. The Hall–Kier alpha value is -3.09. The summed E-state index contributed by atoms with van der Waals surface area (Å²) in [6.07, 6.45) is -1.59. The van der Waals surface area contributed by atoms with Crippen molar-refractivity contribution in [2.75, 3.05) is 39.5 Å². The molecule has 1 saturated heterocycles. The van der Waals surface area contributed by atoms with Crippen LogP contribution in [0.2, 0.25) is 0 Å². The van der Waals surface area contributed by atoms with Gasteiger partial charge in [-0.05, 0) is 42.3 Å². The van der Waals surface area contributed by atoms with Crippen LogP contribution in [0.25, 0.3) is 10.9 Å². The minimum Gasteiger partial charge on any atom is -0.496 e. The van der Waals surface area contributed by atoms with Crippen LogP contribution in [0.1, 0.15) is 33.1 Å². The van der Waals surface area contributed by atoms with E-state index in [0.717, 1.165) is 33.8 Å². The minimum atomic E-state index is -4.32. The number of nitrogens with zero attached hydrogens (tertiary/aromatic N) is 2. The summed E-state index contributed by atoms with van der Waals surface area (Å²) in [6.45, 7) is 2.18. The van der Waals surface area contributed by atoms with Gasteiger partial charge in [-0.25, -0.2) is 13.1 Å².